The van der Waals surface area contributed by atoms with Crippen molar-refractivity contribution < 1.29 is 4.39 Å². The van der Waals surface area contributed by atoms with Gasteiger partial charge >= 0.3 is 0 Å². The number of benzene rings is 1. The van der Waals surface area contributed by atoms with E-state index in [4.69, 9.17) is 11.6 Å². The summed E-state index contributed by atoms with van der Waals surface area (Å²) in [5, 5.41) is 3.42. The topological polar surface area (TPSA) is 37.8 Å². The lowest BCUT2D eigenvalue weighted by Gasteiger charge is -2.08. The standard InChI is InChI=1S/C14H15ClFN3/c1-3-4-13-18-12(15)8-14(19-13)17-10-6-5-9(2)11(16)7-10/h5-8H,3-4H2,1-2H3,(H,17,18,19). The van der Waals surface area contributed by atoms with Crippen molar-refractivity contribution in [1.82, 2.24) is 9.97 Å². The molecule has 0 aliphatic carbocycles. The van der Waals surface area contributed by atoms with Crippen LogP contribution in [0, 0.1) is 12.7 Å². The highest BCUT2D eigenvalue weighted by atomic mass is 35.5. The molecule has 0 unspecified atom stereocenters. The van der Waals surface area contributed by atoms with Crippen molar-refractivity contribution in [3.8, 4) is 0 Å². The van der Waals surface area contributed by atoms with E-state index in [1.165, 1.54) is 6.07 Å². The Morgan fingerprint density at radius 1 is 1.26 bits per heavy atom. The van der Waals surface area contributed by atoms with Crippen molar-refractivity contribution in [3.05, 3.63) is 46.6 Å². The Morgan fingerprint density at radius 3 is 2.74 bits per heavy atom. The molecular weight excluding hydrogens is 265 g/mol. The van der Waals surface area contributed by atoms with Gasteiger partial charge in [0.25, 0.3) is 0 Å². The molecule has 0 bridgehead atoms. The fourth-order valence-electron chi connectivity index (χ4n) is 1.68. The summed E-state index contributed by atoms with van der Waals surface area (Å²) in [4.78, 5) is 8.48. The molecule has 0 spiro atoms. The Hall–Kier alpha value is -1.68. The van der Waals surface area contributed by atoms with Crippen LogP contribution >= 0.6 is 11.6 Å². The monoisotopic (exact) mass is 279 g/mol. The number of nitrogens with one attached hydrogen (secondary N) is 1. The van der Waals surface area contributed by atoms with Crippen molar-refractivity contribution in [2.24, 2.45) is 0 Å². The highest BCUT2D eigenvalue weighted by molar-refractivity contribution is 6.29. The van der Waals surface area contributed by atoms with E-state index in [9.17, 15) is 4.39 Å². The number of hydrogen-bond acceptors (Lipinski definition) is 3. The summed E-state index contributed by atoms with van der Waals surface area (Å²) in [6.45, 7) is 3.77. The summed E-state index contributed by atoms with van der Waals surface area (Å²) in [5.41, 5.74) is 1.25. The van der Waals surface area contributed by atoms with Gasteiger partial charge in [0, 0.05) is 18.2 Å². The number of nitrogens with zero attached hydrogens (tertiary/aromatic N) is 2. The maximum atomic E-state index is 13.5. The molecule has 0 aliphatic rings. The van der Waals surface area contributed by atoms with Crippen molar-refractivity contribution in [3.63, 3.8) is 0 Å². The quantitative estimate of drug-likeness (QED) is 0.849. The Balaban J connectivity index is 2.24. The molecule has 0 atom stereocenters. The smallest absolute Gasteiger partial charge is 0.135 e. The largest absolute Gasteiger partial charge is 0.340 e. The van der Waals surface area contributed by atoms with E-state index in [1.807, 2.05) is 6.92 Å². The van der Waals surface area contributed by atoms with Crippen LogP contribution in [0.1, 0.15) is 24.7 Å². The second-order valence-electron chi connectivity index (χ2n) is 4.33. The fourth-order valence-corrected chi connectivity index (χ4v) is 1.88. The van der Waals surface area contributed by atoms with Crippen molar-refractivity contribution in [1.29, 1.82) is 0 Å². The molecule has 5 heteroatoms. The molecule has 1 heterocycles. The molecule has 2 aromatic rings. The summed E-state index contributed by atoms with van der Waals surface area (Å²) in [6, 6.07) is 6.57. The second kappa shape index (κ2) is 5.97. The fraction of sp³-hybridized carbons (Fsp3) is 0.286. The van der Waals surface area contributed by atoms with Crippen LogP contribution in [0.5, 0.6) is 0 Å². The minimum atomic E-state index is -0.251. The first-order valence-corrected chi connectivity index (χ1v) is 6.53. The zero-order valence-electron chi connectivity index (χ0n) is 10.9. The van der Waals surface area contributed by atoms with Crippen molar-refractivity contribution in [2.75, 3.05) is 5.32 Å². The highest BCUT2D eigenvalue weighted by Gasteiger charge is 2.05. The van der Waals surface area contributed by atoms with E-state index in [2.05, 4.69) is 15.3 Å². The Labute approximate surface area is 116 Å². The van der Waals surface area contributed by atoms with E-state index in [-0.39, 0.29) is 5.82 Å². The molecule has 0 saturated carbocycles. The predicted octanol–water partition coefficient (Wildman–Crippen LogP) is 4.27. The second-order valence-corrected chi connectivity index (χ2v) is 4.72. The Kier molecular flexibility index (Phi) is 4.32. The van der Waals surface area contributed by atoms with Gasteiger partial charge in [-0.15, -0.1) is 0 Å². The lowest BCUT2D eigenvalue weighted by Crippen LogP contribution is -2.01. The SMILES string of the molecule is CCCc1nc(Cl)cc(Nc2ccc(C)c(F)c2)n1. The first-order valence-electron chi connectivity index (χ1n) is 6.15. The van der Waals surface area contributed by atoms with Gasteiger partial charge in [-0.3, -0.25) is 0 Å². The molecule has 3 nitrogen and oxygen atoms in total. The molecule has 0 fully saturated rings. The summed E-state index contributed by atoms with van der Waals surface area (Å²) < 4.78 is 13.5. The van der Waals surface area contributed by atoms with Crippen LogP contribution in [0.25, 0.3) is 0 Å². The van der Waals surface area contributed by atoms with Crippen molar-refractivity contribution >= 4 is 23.1 Å². The van der Waals surface area contributed by atoms with E-state index >= 15 is 0 Å². The number of aryl methyl sites for hydroxylation is 2. The average molecular weight is 280 g/mol. The molecule has 1 aromatic heterocycles. The Bertz CT molecular complexity index is 587. The van der Waals surface area contributed by atoms with Crippen molar-refractivity contribution in [2.45, 2.75) is 26.7 Å². The zero-order valence-corrected chi connectivity index (χ0v) is 11.6. The molecule has 19 heavy (non-hydrogen) atoms. The van der Waals surface area contributed by atoms with Gasteiger partial charge in [0.05, 0.1) is 0 Å². The summed E-state index contributed by atoms with van der Waals surface area (Å²) in [6.07, 6.45) is 1.70. The van der Waals surface area contributed by atoms with Gasteiger partial charge in [0.15, 0.2) is 0 Å². The van der Waals surface area contributed by atoms with E-state index in [0.29, 0.717) is 28.0 Å². The summed E-state index contributed by atoms with van der Waals surface area (Å²) in [5.74, 6) is 1.01. The first-order chi connectivity index (χ1) is 9.08. The highest BCUT2D eigenvalue weighted by Crippen LogP contribution is 2.20. The van der Waals surface area contributed by atoms with Crippen LogP contribution < -0.4 is 5.32 Å². The third-order valence-electron chi connectivity index (χ3n) is 2.66. The van der Waals surface area contributed by atoms with Gasteiger partial charge in [0.2, 0.25) is 0 Å². The van der Waals surface area contributed by atoms with Crippen LogP contribution in [0.2, 0.25) is 5.15 Å². The lowest BCUT2D eigenvalue weighted by molar-refractivity contribution is 0.619. The number of aromatic nitrogens is 2. The molecule has 100 valence electrons. The van der Waals surface area contributed by atoms with Crippen LogP contribution in [-0.4, -0.2) is 9.97 Å². The van der Waals surface area contributed by atoms with E-state index in [1.54, 1.807) is 25.1 Å². The van der Waals surface area contributed by atoms with Crippen LogP contribution in [0.15, 0.2) is 24.3 Å². The molecular formula is C14H15ClFN3. The third kappa shape index (κ3) is 3.64. The van der Waals surface area contributed by atoms with Crippen LogP contribution in [0.4, 0.5) is 15.9 Å². The lowest BCUT2D eigenvalue weighted by atomic mass is 10.2. The minimum absolute atomic E-state index is 0.251. The molecule has 1 N–H and O–H groups in total. The molecule has 0 aliphatic heterocycles. The molecule has 0 saturated heterocycles. The van der Waals surface area contributed by atoms with Crippen LogP contribution in [0.3, 0.4) is 0 Å². The van der Waals surface area contributed by atoms with Gasteiger partial charge < -0.3 is 5.32 Å². The predicted molar refractivity (Wildman–Crippen MR) is 75.5 cm³/mol. The molecule has 2 rings (SSSR count). The maximum absolute atomic E-state index is 13.5. The van der Waals surface area contributed by atoms with E-state index in [0.717, 1.165) is 12.8 Å². The zero-order chi connectivity index (χ0) is 13.8. The van der Waals surface area contributed by atoms with E-state index < -0.39 is 0 Å². The van der Waals surface area contributed by atoms with Gasteiger partial charge in [-0.25, -0.2) is 14.4 Å². The van der Waals surface area contributed by atoms with Gasteiger partial charge in [-0.2, -0.15) is 0 Å². The number of halogens is 2. The summed E-state index contributed by atoms with van der Waals surface area (Å²) in [7, 11) is 0. The third-order valence-corrected chi connectivity index (χ3v) is 2.85. The van der Waals surface area contributed by atoms with Gasteiger partial charge in [0.1, 0.15) is 22.6 Å². The number of hydrogen-bond donors (Lipinski definition) is 1. The molecule has 1 aromatic carbocycles. The van der Waals surface area contributed by atoms with Gasteiger partial charge in [-0.1, -0.05) is 24.6 Å². The minimum Gasteiger partial charge on any atom is -0.340 e. The number of anilines is 2. The molecule has 0 radical (unpaired) electrons. The maximum Gasteiger partial charge on any atom is 0.135 e. The average Bonchev–Trinajstić information content (AvgIpc) is 2.33. The summed E-state index contributed by atoms with van der Waals surface area (Å²) >= 11 is 5.94. The molecule has 0 amide bonds. The van der Waals surface area contributed by atoms with Gasteiger partial charge in [-0.05, 0) is 31.0 Å². The van der Waals surface area contributed by atoms with Crippen LogP contribution in [-0.2, 0) is 6.42 Å². The normalized spacial score (nSPS) is 10.5. The number of rotatable bonds is 4. The Morgan fingerprint density at radius 2 is 2.05 bits per heavy atom. The first kappa shape index (κ1) is 13.7.